The molecule has 0 bridgehead atoms. The number of amides is 3. The Balaban J connectivity index is 4.23. The summed E-state index contributed by atoms with van der Waals surface area (Å²) in [7, 11) is 0. The van der Waals surface area contributed by atoms with Gasteiger partial charge in [0.15, 0.2) is 0 Å². The molecule has 0 aliphatic heterocycles. The van der Waals surface area contributed by atoms with Gasteiger partial charge in [-0.05, 0) is 32.7 Å². The molecule has 10 nitrogen and oxygen atoms in total. The molecule has 0 aromatic rings. The molecule has 0 saturated carbocycles. The van der Waals surface area contributed by atoms with E-state index in [0.29, 0.717) is 19.4 Å². The second kappa shape index (κ2) is 11.4. The van der Waals surface area contributed by atoms with E-state index in [-0.39, 0.29) is 19.5 Å². The molecule has 23 heavy (non-hydrogen) atoms. The van der Waals surface area contributed by atoms with Gasteiger partial charge in [-0.25, -0.2) is 4.79 Å². The lowest BCUT2D eigenvalue weighted by Gasteiger charge is -2.16. The molecular weight excluding hydrogens is 306 g/mol. The first-order chi connectivity index (χ1) is 10.8. The third-order valence-corrected chi connectivity index (χ3v) is 2.96. The maximum atomic E-state index is 11.7. The highest BCUT2D eigenvalue weighted by molar-refractivity contribution is 5.91. The third kappa shape index (κ3) is 9.42. The number of carbonyl (C=O) groups excluding carboxylic acids is 3. The molecule has 0 spiro atoms. The van der Waals surface area contributed by atoms with E-state index in [9.17, 15) is 19.2 Å². The number of nitrogens with two attached hydrogens (primary N) is 2. The van der Waals surface area contributed by atoms with E-state index < -0.39 is 35.8 Å². The number of carbonyl (C=O) groups is 4. The van der Waals surface area contributed by atoms with Gasteiger partial charge in [-0.2, -0.15) is 0 Å². The minimum absolute atomic E-state index is 0.249. The summed E-state index contributed by atoms with van der Waals surface area (Å²) in [5.41, 5.74) is 10.4. The Morgan fingerprint density at radius 2 is 1.70 bits per heavy atom. The van der Waals surface area contributed by atoms with Gasteiger partial charge in [-0.3, -0.25) is 14.4 Å². The van der Waals surface area contributed by atoms with E-state index >= 15 is 0 Å². The van der Waals surface area contributed by atoms with Crippen molar-refractivity contribution in [3.05, 3.63) is 0 Å². The lowest BCUT2D eigenvalue weighted by atomic mass is 10.1. The summed E-state index contributed by atoms with van der Waals surface area (Å²) in [6.45, 7) is 1.25. The van der Waals surface area contributed by atoms with Crippen molar-refractivity contribution in [3.63, 3.8) is 0 Å². The summed E-state index contributed by atoms with van der Waals surface area (Å²) < 4.78 is 0. The predicted molar refractivity (Wildman–Crippen MR) is 82.1 cm³/mol. The Bertz CT molecular complexity index is 429. The largest absolute Gasteiger partial charge is 0.480 e. The highest BCUT2D eigenvalue weighted by atomic mass is 16.4. The molecular formula is C13H25N5O5. The van der Waals surface area contributed by atoms with Gasteiger partial charge in [0.1, 0.15) is 12.1 Å². The lowest BCUT2D eigenvalue weighted by Crippen LogP contribution is -2.50. The second-order valence-corrected chi connectivity index (χ2v) is 4.95. The molecule has 0 aromatic carbocycles. The van der Waals surface area contributed by atoms with Crippen molar-refractivity contribution in [2.75, 3.05) is 19.6 Å². The standard InChI is InChI=1S/C13H25N5O5/c1-8(17-10(19)6-15)12(21)16-7-11(20)18-9(13(22)23)4-2-3-5-14/h8-9H,2-7,14-15H2,1H3,(H,16,21)(H,17,19)(H,18,20)(H,22,23)/t8-,9-/m0/s1. The fourth-order valence-electron chi connectivity index (χ4n) is 1.68. The zero-order chi connectivity index (χ0) is 17.8. The van der Waals surface area contributed by atoms with Crippen LogP contribution in [-0.2, 0) is 19.2 Å². The average molecular weight is 331 g/mol. The Morgan fingerprint density at radius 3 is 2.22 bits per heavy atom. The molecule has 10 heteroatoms. The Labute approximate surface area is 134 Å². The lowest BCUT2D eigenvalue weighted by molar-refractivity contribution is -0.142. The van der Waals surface area contributed by atoms with Crippen molar-refractivity contribution in [1.82, 2.24) is 16.0 Å². The first-order valence-electron chi connectivity index (χ1n) is 7.31. The number of carboxylic acids is 1. The number of carboxylic acid groups (broad SMARTS) is 1. The summed E-state index contributed by atoms with van der Waals surface area (Å²) in [5, 5.41) is 16.0. The number of aliphatic carboxylic acids is 1. The average Bonchev–Trinajstić information content (AvgIpc) is 2.51. The van der Waals surface area contributed by atoms with Crippen molar-refractivity contribution in [3.8, 4) is 0 Å². The third-order valence-electron chi connectivity index (χ3n) is 2.96. The summed E-state index contributed by atoms with van der Waals surface area (Å²) in [5.74, 6) is -2.85. The monoisotopic (exact) mass is 331 g/mol. The van der Waals surface area contributed by atoms with E-state index in [0.717, 1.165) is 0 Å². The van der Waals surface area contributed by atoms with Gasteiger partial charge in [-0.1, -0.05) is 0 Å². The van der Waals surface area contributed by atoms with Gasteiger partial charge in [0.2, 0.25) is 17.7 Å². The van der Waals surface area contributed by atoms with Crippen LogP contribution in [0.2, 0.25) is 0 Å². The van der Waals surface area contributed by atoms with E-state index in [2.05, 4.69) is 16.0 Å². The van der Waals surface area contributed by atoms with Crippen molar-refractivity contribution >= 4 is 23.7 Å². The van der Waals surface area contributed by atoms with Crippen molar-refractivity contribution in [2.24, 2.45) is 11.5 Å². The number of hydrogen-bond donors (Lipinski definition) is 6. The van der Waals surface area contributed by atoms with E-state index in [1.807, 2.05) is 0 Å². The number of hydrogen-bond acceptors (Lipinski definition) is 6. The number of unbranched alkanes of at least 4 members (excludes halogenated alkanes) is 1. The van der Waals surface area contributed by atoms with Gasteiger partial charge < -0.3 is 32.5 Å². The fourth-order valence-corrected chi connectivity index (χ4v) is 1.68. The van der Waals surface area contributed by atoms with Gasteiger partial charge in [0.05, 0.1) is 13.1 Å². The summed E-state index contributed by atoms with van der Waals surface area (Å²) in [6, 6.07) is -1.88. The van der Waals surface area contributed by atoms with Crippen molar-refractivity contribution < 1.29 is 24.3 Å². The molecule has 0 aliphatic carbocycles. The van der Waals surface area contributed by atoms with Crippen LogP contribution in [0.5, 0.6) is 0 Å². The van der Waals surface area contributed by atoms with Crippen molar-refractivity contribution in [2.45, 2.75) is 38.3 Å². The zero-order valence-electron chi connectivity index (χ0n) is 13.1. The zero-order valence-corrected chi connectivity index (χ0v) is 13.1. The van der Waals surface area contributed by atoms with E-state index in [1.165, 1.54) is 6.92 Å². The van der Waals surface area contributed by atoms with Gasteiger partial charge >= 0.3 is 5.97 Å². The molecule has 3 amide bonds. The highest BCUT2D eigenvalue weighted by Crippen LogP contribution is 2.00. The van der Waals surface area contributed by atoms with Gasteiger partial charge in [0, 0.05) is 0 Å². The van der Waals surface area contributed by atoms with Gasteiger partial charge in [0.25, 0.3) is 0 Å². The quantitative estimate of drug-likeness (QED) is 0.222. The fraction of sp³-hybridized carbons (Fsp3) is 0.692. The SMILES string of the molecule is C[C@H](NC(=O)CN)C(=O)NCC(=O)N[C@@H](CCCCN)C(=O)O. The summed E-state index contributed by atoms with van der Waals surface area (Å²) in [4.78, 5) is 45.4. The Morgan fingerprint density at radius 1 is 1.04 bits per heavy atom. The molecule has 8 N–H and O–H groups in total. The Kier molecular flexibility index (Phi) is 10.3. The molecule has 0 rings (SSSR count). The molecule has 0 aliphatic rings. The second-order valence-electron chi connectivity index (χ2n) is 4.95. The first-order valence-corrected chi connectivity index (χ1v) is 7.31. The first kappa shape index (κ1) is 20.8. The maximum absolute atomic E-state index is 11.7. The van der Waals surface area contributed by atoms with Gasteiger partial charge in [-0.15, -0.1) is 0 Å². The topological polar surface area (TPSA) is 177 Å². The molecule has 0 radical (unpaired) electrons. The molecule has 0 unspecified atom stereocenters. The molecule has 0 fully saturated rings. The smallest absolute Gasteiger partial charge is 0.326 e. The highest BCUT2D eigenvalue weighted by Gasteiger charge is 2.20. The van der Waals surface area contributed by atoms with Crippen LogP contribution >= 0.6 is 0 Å². The summed E-state index contributed by atoms with van der Waals surface area (Å²) >= 11 is 0. The molecule has 0 heterocycles. The van der Waals surface area contributed by atoms with Crippen LogP contribution in [-0.4, -0.2) is 60.5 Å². The molecule has 132 valence electrons. The molecule has 0 aromatic heterocycles. The van der Waals surface area contributed by atoms with Crippen molar-refractivity contribution in [1.29, 1.82) is 0 Å². The molecule has 0 saturated heterocycles. The van der Waals surface area contributed by atoms with Crippen LogP contribution in [0.3, 0.4) is 0 Å². The summed E-state index contributed by atoms with van der Waals surface area (Å²) in [6.07, 6.45) is 1.49. The molecule has 2 atom stereocenters. The van der Waals surface area contributed by atoms with E-state index in [4.69, 9.17) is 16.6 Å². The number of nitrogens with one attached hydrogen (secondary N) is 3. The number of rotatable bonds is 11. The van der Waals surface area contributed by atoms with E-state index in [1.54, 1.807) is 0 Å². The van der Waals surface area contributed by atoms with Crippen LogP contribution in [0.4, 0.5) is 0 Å². The maximum Gasteiger partial charge on any atom is 0.326 e. The minimum atomic E-state index is -1.15. The van der Waals surface area contributed by atoms with Crippen LogP contribution in [0.15, 0.2) is 0 Å². The minimum Gasteiger partial charge on any atom is -0.480 e. The van der Waals surface area contributed by atoms with Crippen LogP contribution in [0, 0.1) is 0 Å². The van der Waals surface area contributed by atoms with Crippen LogP contribution in [0.25, 0.3) is 0 Å². The van der Waals surface area contributed by atoms with Crippen LogP contribution in [0.1, 0.15) is 26.2 Å². The van der Waals surface area contributed by atoms with Crippen LogP contribution < -0.4 is 27.4 Å². The predicted octanol–water partition coefficient (Wildman–Crippen LogP) is -2.74. The normalized spacial score (nSPS) is 12.8. The Hall–Kier alpha value is -2.20.